The van der Waals surface area contributed by atoms with Gasteiger partial charge in [-0.05, 0) is 39.0 Å². The molecular formula is C16H32N4O. The summed E-state index contributed by atoms with van der Waals surface area (Å²) in [4.78, 5) is 16.0. The van der Waals surface area contributed by atoms with Gasteiger partial charge in [0.2, 0.25) is 5.91 Å². The Balaban J connectivity index is 2.30. The smallest absolute Gasteiger partial charge is 0.242 e. The van der Waals surface area contributed by atoms with Crippen LogP contribution in [0.3, 0.4) is 0 Å². The van der Waals surface area contributed by atoms with Crippen molar-refractivity contribution < 1.29 is 4.79 Å². The zero-order chi connectivity index (χ0) is 15.7. The molecule has 0 aliphatic heterocycles. The van der Waals surface area contributed by atoms with Gasteiger partial charge in [0, 0.05) is 18.6 Å². The first-order chi connectivity index (χ1) is 10.0. The number of aliphatic imine (C=N–C) groups is 1. The maximum atomic E-state index is 11.7. The fraction of sp³-hybridized carbons (Fsp3) is 0.875. The van der Waals surface area contributed by atoms with Gasteiger partial charge in [0.05, 0.1) is 0 Å². The molecule has 0 aromatic heterocycles. The Morgan fingerprint density at radius 1 is 1.24 bits per heavy atom. The van der Waals surface area contributed by atoms with Gasteiger partial charge < -0.3 is 16.0 Å². The van der Waals surface area contributed by atoms with E-state index in [0.717, 1.165) is 37.7 Å². The number of rotatable bonds is 9. The molecule has 0 saturated heterocycles. The number of nitrogens with zero attached hydrogens (tertiary/aromatic N) is 1. The molecule has 0 heterocycles. The van der Waals surface area contributed by atoms with Crippen LogP contribution in [-0.4, -0.2) is 37.0 Å². The lowest BCUT2D eigenvalue weighted by atomic mass is 10.0. The second-order valence-electron chi connectivity index (χ2n) is 6.41. The molecule has 122 valence electrons. The Morgan fingerprint density at radius 3 is 2.52 bits per heavy atom. The molecule has 1 atom stereocenters. The molecule has 1 rings (SSSR count). The standard InChI is InChI=1S/C16H32N4O/c1-5-17-16(18-11-15(21)20-14-9-10-14)19-13(4)8-6-7-12(2)3/h12-14H,5-11H2,1-4H3,(H,20,21)(H2,17,18,19). The van der Waals surface area contributed by atoms with E-state index in [1.54, 1.807) is 0 Å². The maximum absolute atomic E-state index is 11.7. The average molecular weight is 296 g/mol. The van der Waals surface area contributed by atoms with E-state index >= 15 is 0 Å². The van der Waals surface area contributed by atoms with Crippen molar-refractivity contribution in [3.63, 3.8) is 0 Å². The first-order valence-corrected chi connectivity index (χ1v) is 8.35. The van der Waals surface area contributed by atoms with Gasteiger partial charge in [-0.15, -0.1) is 0 Å². The highest BCUT2D eigenvalue weighted by Crippen LogP contribution is 2.18. The van der Waals surface area contributed by atoms with Crippen LogP contribution < -0.4 is 16.0 Å². The Bertz CT molecular complexity index is 337. The number of nitrogens with one attached hydrogen (secondary N) is 3. The van der Waals surface area contributed by atoms with Crippen LogP contribution in [0.2, 0.25) is 0 Å². The largest absolute Gasteiger partial charge is 0.357 e. The Hall–Kier alpha value is -1.26. The molecule has 21 heavy (non-hydrogen) atoms. The Kier molecular flexibility index (Phi) is 8.16. The molecule has 1 aliphatic rings. The molecule has 0 aromatic carbocycles. The summed E-state index contributed by atoms with van der Waals surface area (Å²) in [6, 6.07) is 0.770. The second kappa shape index (κ2) is 9.64. The van der Waals surface area contributed by atoms with Crippen molar-refractivity contribution >= 4 is 11.9 Å². The zero-order valence-corrected chi connectivity index (χ0v) is 14.0. The molecule has 1 amide bonds. The average Bonchev–Trinajstić information content (AvgIpc) is 3.19. The molecule has 3 N–H and O–H groups in total. The van der Waals surface area contributed by atoms with Gasteiger partial charge in [0.25, 0.3) is 0 Å². The third-order valence-electron chi connectivity index (χ3n) is 3.47. The van der Waals surface area contributed by atoms with E-state index in [9.17, 15) is 4.79 Å². The molecule has 1 fully saturated rings. The fourth-order valence-corrected chi connectivity index (χ4v) is 2.11. The van der Waals surface area contributed by atoms with E-state index in [2.05, 4.69) is 41.7 Å². The third-order valence-corrected chi connectivity index (χ3v) is 3.47. The van der Waals surface area contributed by atoms with Gasteiger partial charge in [-0.1, -0.05) is 26.7 Å². The van der Waals surface area contributed by atoms with Crippen molar-refractivity contribution in [2.24, 2.45) is 10.9 Å². The van der Waals surface area contributed by atoms with E-state index in [1.165, 1.54) is 12.8 Å². The lowest BCUT2D eigenvalue weighted by Crippen LogP contribution is -2.43. The van der Waals surface area contributed by atoms with Gasteiger partial charge in [-0.3, -0.25) is 4.79 Å². The number of guanidine groups is 1. The zero-order valence-electron chi connectivity index (χ0n) is 14.0. The molecule has 1 aliphatic carbocycles. The second-order valence-corrected chi connectivity index (χ2v) is 6.41. The summed E-state index contributed by atoms with van der Waals surface area (Å²) in [6.07, 6.45) is 5.81. The van der Waals surface area contributed by atoms with Crippen LogP contribution in [-0.2, 0) is 4.79 Å². The van der Waals surface area contributed by atoms with Crippen LogP contribution >= 0.6 is 0 Å². The molecular weight excluding hydrogens is 264 g/mol. The highest BCUT2D eigenvalue weighted by molar-refractivity contribution is 5.85. The van der Waals surface area contributed by atoms with Crippen molar-refractivity contribution in [3.8, 4) is 0 Å². The summed E-state index contributed by atoms with van der Waals surface area (Å²) in [5.74, 6) is 1.51. The summed E-state index contributed by atoms with van der Waals surface area (Å²) >= 11 is 0. The van der Waals surface area contributed by atoms with Gasteiger partial charge in [-0.2, -0.15) is 0 Å². The number of amides is 1. The Morgan fingerprint density at radius 2 is 1.95 bits per heavy atom. The molecule has 0 aromatic rings. The molecule has 0 bridgehead atoms. The first-order valence-electron chi connectivity index (χ1n) is 8.35. The number of carbonyl (C=O) groups excluding carboxylic acids is 1. The van der Waals surface area contributed by atoms with Crippen LogP contribution in [0.4, 0.5) is 0 Å². The predicted molar refractivity (Wildman–Crippen MR) is 88.4 cm³/mol. The van der Waals surface area contributed by atoms with Crippen LogP contribution in [0.1, 0.15) is 59.8 Å². The predicted octanol–water partition coefficient (Wildman–Crippen LogP) is 2.03. The maximum Gasteiger partial charge on any atom is 0.242 e. The lowest BCUT2D eigenvalue weighted by molar-refractivity contribution is -0.119. The van der Waals surface area contributed by atoms with Crippen molar-refractivity contribution in [2.45, 2.75) is 71.9 Å². The molecule has 1 saturated carbocycles. The minimum atomic E-state index is 0.0159. The minimum Gasteiger partial charge on any atom is -0.357 e. The summed E-state index contributed by atoms with van der Waals surface area (Å²) in [7, 11) is 0. The van der Waals surface area contributed by atoms with Crippen LogP contribution in [0.5, 0.6) is 0 Å². The monoisotopic (exact) mass is 296 g/mol. The van der Waals surface area contributed by atoms with Crippen LogP contribution in [0.15, 0.2) is 4.99 Å². The highest BCUT2D eigenvalue weighted by atomic mass is 16.2. The van der Waals surface area contributed by atoms with E-state index < -0.39 is 0 Å². The van der Waals surface area contributed by atoms with E-state index in [1.807, 2.05) is 6.92 Å². The summed E-state index contributed by atoms with van der Waals surface area (Å²) in [5.41, 5.74) is 0. The number of hydrogen-bond donors (Lipinski definition) is 3. The number of hydrogen-bond acceptors (Lipinski definition) is 2. The molecule has 1 unspecified atom stereocenters. The fourth-order valence-electron chi connectivity index (χ4n) is 2.11. The van der Waals surface area contributed by atoms with Crippen molar-refractivity contribution in [1.29, 1.82) is 0 Å². The molecule has 5 nitrogen and oxygen atoms in total. The molecule has 5 heteroatoms. The van der Waals surface area contributed by atoms with Gasteiger partial charge in [0.1, 0.15) is 6.54 Å². The van der Waals surface area contributed by atoms with Crippen molar-refractivity contribution in [1.82, 2.24) is 16.0 Å². The summed E-state index contributed by atoms with van der Waals surface area (Å²) in [6.45, 7) is 9.70. The summed E-state index contributed by atoms with van der Waals surface area (Å²) < 4.78 is 0. The van der Waals surface area contributed by atoms with Gasteiger partial charge in [-0.25, -0.2) is 4.99 Å². The molecule has 0 radical (unpaired) electrons. The van der Waals surface area contributed by atoms with E-state index in [4.69, 9.17) is 0 Å². The molecule has 0 spiro atoms. The highest BCUT2D eigenvalue weighted by Gasteiger charge is 2.22. The lowest BCUT2D eigenvalue weighted by Gasteiger charge is -2.18. The van der Waals surface area contributed by atoms with E-state index in [0.29, 0.717) is 12.1 Å². The summed E-state index contributed by atoms with van der Waals surface area (Å²) in [5, 5.41) is 9.52. The first kappa shape index (κ1) is 17.8. The SMILES string of the molecule is CCNC(=NCC(=O)NC1CC1)NC(C)CCCC(C)C. The van der Waals surface area contributed by atoms with Gasteiger partial charge in [0.15, 0.2) is 5.96 Å². The van der Waals surface area contributed by atoms with Crippen molar-refractivity contribution in [2.75, 3.05) is 13.1 Å². The minimum absolute atomic E-state index is 0.0159. The normalized spacial score (nSPS) is 16.7. The van der Waals surface area contributed by atoms with E-state index in [-0.39, 0.29) is 12.5 Å². The van der Waals surface area contributed by atoms with Crippen LogP contribution in [0, 0.1) is 5.92 Å². The quantitative estimate of drug-likeness (QED) is 0.450. The topological polar surface area (TPSA) is 65.5 Å². The van der Waals surface area contributed by atoms with Gasteiger partial charge >= 0.3 is 0 Å². The number of carbonyl (C=O) groups is 1. The van der Waals surface area contributed by atoms with Crippen molar-refractivity contribution in [3.05, 3.63) is 0 Å². The van der Waals surface area contributed by atoms with Crippen LogP contribution in [0.25, 0.3) is 0 Å². The third kappa shape index (κ3) is 9.32. The Labute approximate surface area is 129 Å².